The van der Waals surface area contributed by atoms with Crippen molar-refractivity contribution in [2.75, 3.05) is 5.32 Å². The van der Waals surface area contributed by atoms with Crippen LogP contribution in [0.3, 0.4) is 0 Å². The van der Waals surface area contributed by atoms with Gasteiger partial charge in [0.15, 0.2) is 0 Å². The number of hydrogen-bond donors (Lipinski definition) is 2. The summed E-state index contributed by atoms with van der Waals surface area (Å²) in [5.41, 5.74) is 2.23. The number of nitrogens with one attached hydrogen (secondary N) is 2. The number of aromatic nitrogens is 3. The van der Waals surface area contributed by atoms with E-state index in [1.165, 1.54) is 6.20 Å². The number of amides is 1. The molecule has 1 unspecified atom stereocenters. The number of hydrogen-bond acceptors (Lipinski definition) is 5. The number of rotatable bonds is 6. The lowest BCUT2D eigenvalue weighted by atomic mass is 10.1. The summed E-state index contributed by atoms with van der Waals surface area (Å²) in [6, 6.07) is 15.4. The number of carbonyl (C=O) groups excluding carboxylic acids is 1. The van der Waals surface area contributed by atoms with E-state index in [-0.39, 0.29) is 17.6 Å². The minimum absolute atomic E-state index is 0.0996. The van der Waals surface area contributed by atoms with Gasteiger partial charge in [0.25, 0.3) is 5.91 Å². The molecule has 2 N–H and O–H groups in total. The second-order valence-corrected chi connectivity index (χ2v) is 5.57. The lowest BCUT2D eigenvalue weighted by Crippen LogP contribution is -2.27. The van der Waals surface area contributed by atoms with Crippen LogP contribution in [0.5, 0.6) is 0 Å². The molecule has 3 aromatic rings. The topological polar surface area (TPSA) is 79.8 Å². The third kappa shape index (κ3) is 4.60. The molecule has 3 rings (SSSR count). The zero-order valence-electron chi connectivity index (χ0n) is 13.9. The third-order valence-electron chi connectivity index (χ3n) is 3.71. The Labute approximate surface area is 146 Å². The first-order valence-corrected chi connectivity index (χ1v) is 8.04. The second kappa shape index (κ2) is 8.01. The van der Waals surface area contributed by atoms with Crippen molar-refractivity contribution >= 4 is 11.7 Å². The predicted molar refractivity (Wildman–Crippen MR) is 95.9 cm³/mol. The lowest BCUT2D eigenvalue weighted by molar-refractivity contribution is 0.0934. The molecule has 0 aliphatic rings. The summed E-state index contributed by atoms with van der Waals surface area (Å²) in [5.74, 6) is 0.346. The van der Waals surface area contributed by atoms with E-state index in [9.17, 15) is 4.79 Å². The van der Waals surface area contributed by atoms with Crippen molar-refractivity contribution in [3.63, 3.8) is 0 Å². The maximum absolute atomic E-state index is 12.3. The van der Waals surface area contributed by atoms with E-state index in [0.717, 1.165) is 11.3 Å². The van der Waals surface area contributed by atoms with Gasteiger partial charge >= 0.3 is 0 Å². The number of benzene rings is 1. The molecule has 1 aromatic carbocycles. The average molecular weight is 333 g/mol. The summed E-state index contributed by atoms with van der Waals surface area (Å²) in [5, 5.41) is 6.04. The van der Waals surface area contributed by atoms with Crippen molar-refractivity contribution in [1.29, 1.82) is 0 Å². The average Bonchev–Trinajstić information content (AvgIpc) is 2.68. The number of carbonyl (C=O) groups is 1. The normalized spacial score (nSPS) is 11.6. The van der Waals surface area contributed by atoms with Crippen molar-refractivity contribution in [3.8, 4) is 0 Å². The van der Waals surface area contributed by atoms with Crippen molar-refractivity contribution in [3.05, 3.63) is 84.1 Å². The monoisotopic (exact) mass is 333 g/mol. The van der Waals surface area contributed by atoms with Crippen LogP contribution in [0.4, 0.5) is 5.82 Å². The highest BCUT2D eigenvalue weighted by Gasteiger charge is 2.12. The van der Waals surface area contributed by atoms with Gasteiger partial charge in [-0.2, -0.15) is 0 Å². The van der Waals surface area contributed by atoms with Crippen LogP contribution >= 0.6 is 0 Å². The highest BCUT2D eigenvalue weighted by molar-refractivity contribution is 5.92. The van der Waals surface area contributed by atoms with Crippen LogP contribution in [0.2, 0.25) is 0 Å². The molecule has 126 valence electrons. The minimum atomic E-state index is -0.250. The molecule has 2 heterocycles. The Bertz CT molecular complexity index is 806. The maximum Gasteiger partial charge on any atom is 0.271 e. The van der Waals surface area contributed by atoms with Gasteiger partial charge in [-0.15, -0.1) is 0 Å². The molecule has 0 spiro atoms. The minimum Gasteiger partial charge on any atom is -0.363 e. The summed E-state index contributed by atoms with van der Waals surface area (Å²) in [6.07, 6.45) is 4.75. The molecule has 6 heteroatoms. The first kappa shape index (κ1) is 16.6. The predicted octanol–water partition coefficient (Wildman–Crippen LogP) is 2.97. The van der Waals surface area contributed by atoms with E-state index in [2.05, 4.69) is 25.6 Å². The van der Waals surface area contributed by atoms with E-state index in [0.29, 0.717) is 12.4 Å². The van der Waals surface area contributed by atoms with Gasteiger partial charge < -0.3 is 10.6 Å². The quantitative estimate of drug-likeness (QED) is 0.725. The molecule has 2 aromatic heterocycles. The molecule has 1 atom stereocenters. The zero-order chi connectivity index (χ0) is 17.5. The Hall–Kier alpha value is -3.28. The van der Waals surface area contributed by atoms with Crippen molar-refractivity contribution < 1.29 is 4.79 Å². The van der Waals surface area contributed by atoms with Gasteiger partial charge in [-0.3, -0.25) is 9.78 Å². The van der Waals surface area contributed by atoms with Gasteiger partial charge in [0, 0.05) is 6.20 Å². The Balaban J connectivity index is 1.57. The molecule has 1 amide bonds. The van der Waals surface area contributed by atoms with Crippen molar-refractivity contribution in [1.82, 2.24) is 20.3 Å². The number of pyridine rings is 1. The van der Waals surface area contributed by atoms with Gasteiger partial charge in [-0.1, -0.05) is 36.4 Å². The molecule has 0 aliphatic carbocycles. The van der Waals surface area contributed by atoms with Crippen LogP contribution < -0.4 is 10.6 Å². The molecule has 0 fully saturated rings. The Morgan fingerprint density at radius 1 is 1.00 bits per heavy atom. The summed E-state index contributed by atoms with van der Waals surface area (Å²) in [4.78, 5) is 24.9. The fourth-order valence-electron chi connectivity index (χ4n) is 2.32. The molecule has 0 radical (unpaired) electrons. The van der Waals surface area contributed by atoms with Crippen LogP contribution in [0, 0.1) is 0 Å². The van der Waals surface area contributed by atoms with Gasteiger partial charge in [0.05, 0.1) is 30.7 Å². The SMILES string of the molecule is CC(NC(=O)c1cnc(NCc2ccccn2)cn1)c1ccccc1. The van der Waals surface area contributed by atoms with Crippen LogP contribution in [-0.4, -0.2) is 20.9 Å². The maximum atomic E-state index is 12.3. The Morgan fingerprint density at radius 3 is 2.48 bits per heavy atom. The van der Waals surface area contributed by atoms with Crippen LogP contribution in [-0.2, 0) is 6.54 Å². The van der Waals surface area contributed by atoms with Gasteiger partial charge in [0.1, 0.15) is 11.5 Å². The Morgan fingerprint density at radius 2 is 1.80 bits per heavy atom. The van der Waals surface area contributed by atoms with E-state index in [1.54, 1.807) is 12.4 Å². The second-order valence-electron chi connectivity index (χ2n) is 5.57. The number of anilines is 1. The van der Waals surface area contributed by atoms with Crippen molar-refractivity contribution in [2.24, 2.45) is 0 Å². The fraction of sp³-hybridized carbons (Fsp3) is 0.158. The number of nitrogens with zero attached hydrogens (tertiary/aromatic N) is 3. The third-order valence-corrected chi connectivity index (χ3v) is 3.71. The van der Waals surface area contributed by atoms with Gasteiger partial charge in [-0.25, -0.2) is 9.97 Å². The summed E-state index contributed by atoms with van der Waals surface area (Å²) in [6.45, 7) is 2.48. The highest BCUT2D eigenvalue weighted by Crippen LogP contribution is 2.12. The first-order valence-electron chi connectivity index (χ1n) is 8.04. The molecular weight excluding hydrogens is 314 g/mol. The summed E-state index contributed by atoms with van der Waals surface area (Å²) in [7, 11) is 0. The van der Waals surface area contributed by atoms with Crippen molar-refractivity contribution in [2.45, 2.75) is 19.5 Å². The Kier molecular flexibility index (Phi) is 5.31. The van der Waals surface area contributed by atoms with E-state index in [1.807, 2.05) is 55.5 Å². The molecular formula is C19H19N5O. The molecule has 0 saturated heterocycles. The van der Waals surface area contributed by atoms with Crippen LogP contribution in [0.1, 0.15) is 34.7 Å². The van der Waals surface area contributed by atoms with E-state index < -0.39 is 0 Å². The van der Waals surface area contributed by atoms with E-state index >= 15 is 0 Å². The largest absolute Gasteiger partial charge is 0.363 e. The zero-order valence-corrected chi connectivity index (χ0v) is 13.9. The standard InChI is InChI=1S/C19H19N5O/c1-14(15-7-3-2-4-8-15)24-19(25)17-12-23-18(13-21-17)22-11-16-9-5-6-10-20-16/h2-10,12-14H,11H2,1H3,(H,22,23)(H,24,25). The van der Waals surface area contributed by atoms with E-state index in [4.69, 9.17) is 0 Å². The lowest BCUT2D eigenvalue weighted by Gasteiger charge is -2.13. The molecule has 6 nitrogen and oxygen atoms in total. The molecule has 0 saturated carbocycles. The fourth-order valence-corrected chi connectivity index (χ4v) is 2.32. The molecule has 25 heavy (non-hydrogen) atoms. The highest BCUT2D eigenvalue weighted by atomic mass is 16.1. The molecule has 0 bridgehead atoms. The van der Waals surface area contributed by atoms with Crippen LogP contribution in [0.15, 0.2) is 67.1 Å². The van der Waals surface area contributed by atoms with Gasteiger partial charge in [-0.05, 0) is 24.6 Å². The van der Waals surface area contributed by atoms with Crippen LogP contribution in [0.25, 0.3) is 0 Å². The molecule has 0 aliphatic heterocycles. The first-order chi connectivity index (χ1) is 12.2. The summed E-state index contributed by atoms with van der Waals surface area (Å²) >= 11 is 0. The summed E-state index contributed by atoms with van der Waals surface area (Å²) < 4.78 is 0. The smallest absolute Gasteiger partial charge is 0.271 e. The van der Waals surface area contributed by atoms with Gasteiger partial charge in [0.2, 0.25) is 0 Å².